The topological polar surface area (TPSA) is 49.3 Å². The van der Waals surface area contributed by atoms with Crippen LogP contribution in [0.4, 0.5) is 0 Å². The number of thioether (sulfide) groups is 1. The van der Waals surface area contributed by atoms with Gasteiger partial charge in [-0.15, -0.1) is 11.3 Å². The molecule has 1 amide bonds. The number of amides is 1. The second-order valence-electron chi connectivity index (χ2n) is 4.79. The summed E-state index contributed by atoms with van der Waals surface area (Å²) in [5, 5.41) is 15.2. The standard InChI is InChI=1S/C13H19NO2S2/c1-10(11-3-2-6-18-11)12(15)14-9-13(16)4-7-17-8-5-13/h2-3,6,10,16H,4-5,7-9H2,1H3,(H,14,15). The third-order valence-electron chi connectivity index (χ3n) is 3.38. The highest BCUT2D eigenvalue weighted by molar-refractivity contribution is 7.99. The van der Waals surface area contributed by atoms with Crippen LogP contribution in [0, 0.1) is 0 Å². The summed E-state index contributed by atoms with van der Waals surface area (Å²) in [7, 11) is 0. The number of carbonyl (C=O) groups excluding carboxylic acids is 1. The van der Waals surface area contributed by atoms with Gasteiger partial charge in [0.1, 0.15) is 0 Å². The highest BCUT2D eigenvalue weighted by Gasteiger charge is 2.30. The Balaban J connectivity index is 1.84. The molecule has 1 aromatic heterocycles. The molecule has 0 aliphatic carbocycles. The molecule has 0 spiro atoms. The summed E-state index contributed by atoms with van der Waals surface area (Å²) in [5.41, 5.74) is -0.698. The molecule has 1 aliphatic rings. The summed E-state index contributed by atoms with van der Waals surface area (Å²) in [6.45, 7) is 2.28. The summed E-state index contributed by atoms with van der Waals surface area (Å²) in [4.78, 5) is 13.1. The van der Waals surface area contributed by atoms with Gasteiger partial charge in [-0.25, -0.2) is 0 Å². The summed E-state index contributed by atoms with van der Waals surface area (Å²) in [6.07, 6.45) is 1.54. The molecule has 1 unspecified atom stereocenters. The first-order valence-corrected chi connectivity index (χ1v) is 8.25. The zero-order valence-corrected chi connectivity index (χ0v) is 12.1. The minimum atomic E-state index is -0.698. The lowest BCUT2D eigenvalue weighted by molar-refractivity contribution is -0.123. The minimum Gasteiger partial charge on any atom is -0.388 e. The van der Waals surface area contributed by atoms with Crippen LogP contribution in [0.15, 0.2) is 17.5 Å². The Kier molecular flexibility index (Phi) is 4.70. The summed E-state index contributed by atoms with van der Waals surface area (Å²) >= 11 is 3.46. The van der Waals surface area contributed by atoms with E-state index in [2.05, 4.69) is 5.32 Å². The normalized spacial score (nSPS) is 20.3. The molecule has 100 valence electrons. The van der Waals surface area contributed by atoms with E-state index in [0.29, 0.717) is 6.54 Å². The highest BCUT2D eigenvalue weighted by Crippen LogP contribution is 2.26. The van der Waals surface area contributed by atoms with Crippen molar-refractivity contribution in [3.05, 3.63) is 22.4 Å². The van der Waals surface area contributed by atoms with Crippen LogP contribution in [0.1, 0.15) is 30.6 Å². The van der Waals surface area contributed by atoms with Crippen molar-refractivity contribution in [2.45, 2.75) is 31.3 Å². The van der Waals surface area contributed by atoms with Gasteiger partial charge in [0.2, 0.25) is 5.91 Å². The molecule has 2 rings (SSSR count). The zero-order chi connectivity index (χ0) is 13.0. The fraction of sp³-hybridized carbons (Fsp3) is 0.615. The van der Waals surface area contributed by atoms with Gasteiger partial charge in [-0.3, -0.25) is 4.79 Å². The predicted molar refractivity (Wildman–Crippen MR) is 77.3 cm³/mol. The molecule has 18 heavy (non-hydrogen) atoms. The SMILES string of the molecule is CC(C(=O)NCC1(O)CCSCC1)c1cccs1. The maximum atomic E-state index is 12.0. The summed E-state index contributed by atoms with van der Waals surface area (Å²) < 4.78 is 0. The van der Waals surface area contributed by atoms with Gasteiger partial charge < -0.3 is 10.4 Å². The van der Waals surface area contributed by atoms with Gasteiger partial charge in [0, 0.05) is 11.4 Å². The van der Waals surface area contributed by atoms with Crippen LogP contribution in [-0.4, -0.2) is 34.7 Å². The Morgan fingerprint density at radius 1 is 1.56 bits per heavy atom. The lowest BCUT2D eigenvalue weighted by Crippen LogP contribution is -2.46. The fourth-order valence-corrected chi connectivity index (χ4v) is 4.04. The maximum absolute atomic E-state index is 12.0. The Hall–Kier alpha value is -0.520. The van der Waals surface area contributed by atoms with E-state index in [1.165, 1.54) is 0 Å². The Bertz CT molecular complexity index is 386. The second kappa shape index (κ2) is 6.08. The van der Waals surface area contributed by atoms with Gasteiger partial charge in [0.25, 0.3) is 0 Å². The number of carbonyl (C=O) groups is 1. The number of hydrogen-bond donors (Lipinski definition) is 2. The molecule has 1 aromatic rings. The summed E-state index contributed by atoms with van der Waals surface area (Å²) in [6, 6.07) is 3.93. The largest absolute Gasteiger partial charge is 0.388 e. The molecule has 5 heteroatoms. The first-order chi connectivity index (χ1) is 8.61. The molecular formula is C13H19NO2S2. The zero-order valence-electron chi connectivity index (χ0n) is 10.5. The molecular weight excluding hydrogens is 266 g/mol. The molecule has 2 heterocycles. The van der Waals surface area contributed by atoms with E-state index in [0.717, 1.165) is 29.2 Å². The Labute approximate surface area is 116 Å². The number of nitrogens with one attached hydrogen (secondary N) is 1. The molecule has 0 bridgehead atoms. The van der Waals surface area contributed by atoms with Crippen molar-refractivity contribution in [2.75, 3.05) is 18.1 Å². The van der Waals surface area contributed by atoms with Gasteiger partial charge in [0.05, 0.1) is 11.5 Å². The van der Waals surface area contributed by atoms with Crippen molar-refractivity contribution < 1.29 is 9.90 Å². The quantitative estimate of drug-likeness (QED) is 0.892. The van der Waals surface area contributed by atoms with Crippen LogP contribution in [0.5, 0.6) is 0 Å². The van der Waals surface area contributed by atoms with E-state index in [4.69, 9.17) is 0 Å². The van der Waals surface area contributed by atoms with Crippen LogP contribution in [0.25, 0.3) is 0 Å². The highest BCUT2D eigenvalue weighted by atomic mass is 32.2. The van der Waals surface area contributed by atoms with Crippen molar-refractivity contribution in [2.24, 2.45) is 0 Å². The molecule has 0 radical (unpaired) electrons. The second-order valence-corrected chi connectivity index (χ2v) is 7.00. The van der Waals surface area contributed by atoms with Gasteiger partial charge in [-0.2, -0.15) is 11.8 Å². The van der Waals surface area contributed by atoms with Crippen molar-refractivity contribution in [1.82, 2.24) is 5.32 Å². The lowest BCUT2D eigenvalue weighted by Gasteiger charge is -2.32. The van der Waals surface area contributed by atoms with Crippen LogP contribution in [-0.2, 0) is 4.79 Å². The van der Waals surface area contributed by atoms with E-state index >= 15 is 0 Å². The molecule has 1 aliphatic heterocycles. The maximum Gasteiger partial charge on any atom is 0.228 e. The molecule has 0 aromatic carbocycles. The van der Waals surface area contributed by atoms with Crippen molar-refractivity contribution >= 4 is 29.0 Å². The van der Waals surface area contributed by atoms with Crippen LogP contribution in [0.3, 0.4) is 0 Å². The number of rotatable bonds is 4. The first-order valence-electron chi connectivity index (χ1n) is 6.22. The van der Waals surface area contributed by atoms with Crippen LogP contribution < -0.4 is 5.32 Å². The molecule has 0 saturated carbocycles. The van der Waals surface area contributed by atoms with E-state index in [1.807, 2.05) is 36.2 Å². The third-order valence-corrected chi connectivity index (χ3v) is 5.42. The van der Waals surface area contributed by atoms with Crippen LogP contribution >= 0.6 is 23.1 Å². The minimum absolute atomic E-state index is 0.00380. The first kappa shape index (κ1) is 13.9. The smallest absolute Gasteiger partial charge is 0.228 e. The fourth-order valence-electron chi connectivity index (χ4n) is 2.00. The van der Waals surface area contributed by atoms with Crippen LogP contribution in [0.2, 0.25) is 0 Å². The molecule has 1 saturated heterocycles. The number of thiophene rings is 1. The van der Waals surface area contributed by atoms with Gasteiger partial charge in [-0.1, -0.05) is 6.07 Å². The molecule has 3 nitrogen and oxygen atoms in total. The number of aliphatic hydroxyl groups is 1. The molecule has 1 fully saturated rings. The average Bonchev–Trinajstić information content (AvgIpc) is 2.90. The van der Waals surface area contributed by atoms with E-state index in [-0.39, 0.29) is 11.8 Å². The van der Waals surface area contributed by atoms with Gasteiger partial charge in [0.15, 0.2) is 0 Å². The molecule has 1 atom stereocenters. The third kappa shape index (κ3) is 3.49. The van der Waals surface area contributed by atoms with Crippen molar-refractivity contribution in [3.8, 4) is 0 Å². The van der Waals surface area contributed by atoms with Gasteiger partial charge >= 0.3 is 0 Å². The van der Waals surface area contributed by atoms with E-state index in [1.54, 1.807) is 11.3 Å². The van der Waals surface area contributed by atoms with E-state index in [9.17, 15) is 9.90 Å². The van der Waals surface area contributed by atoms with E-state index < -0.39 is 5.60 Å². The predicted octanol–water partition coefficient (Wildman–Crippen LogP) is 2.23. The molecule has 2 N–H and O–H groups in total. The lowest BCUT2D eigenvalue weighted by atomic mass is 9.96. The van der Waals surface area contributed by atoms with Gasteiger partial charge in [-0.05, 0) is 42.7 Å². The Morgan fingerprint density at radius 2 is 2.28 bits per heavy atom. The monoisotopic (exact) mass is 285 g/mol. The summed E-state index contributed by atoms with van der Waals surface area (Å²) in [5.74, 6) is 1.83. The van der Waals surface area contributed by atoms with Crippen molar-refractivity contribution in [1.29, 1.82) is 0 Å². The number of hydrogen-bond acceptors (Lipinski definition) is 4. The Morgan fingerprint density at radius 3 is 2.89 bits per heavy atom. The van der Waals surface area contributed by atoms with Crippen molar-refractivity contribution in [3.63, 3.8) is 0 Å². The average molecular weight is 285 g/mol.